The number of thiophene rings is 1. The van der Waals surface area contributed by atoms with E-state index in [0.717, 1.165) is 19.5 Å². The van der Waals surface area contributed by atoms with Crippen LogP contribution in [0.25, 0.3) is 0 Å². The molecule has 0 unspecified atom stereocenters. The molecule has 0 aliphatic carbocycles. The van der Waals surface area contributed by atoms with Gasteiger partial charge in [-0.25, -0.2) is 0 Å². The van der Waals surface area contributed by atoms with Crippen molar-refractivity contribution in [2.45, 2.75) is 19.9 Å². The second-order valence-electron chi connectivity index (χ2n) is 2.49. The third-order valence-corrected chi connectivity index (χ3v) is 2.24. The SMILES string of the molecule is CC#CCCNCc1ccsc1. The van der Waals surface area contributed by atoms with Crippen LogP contribution in [0.1, 0.15) is 18.9 Å². The summed E-state index contributed by atoms with van der Waals surface area (Å²) in [5, 5.41) is 7.59. The van der Waals surface area contributed by atoms with E-state index in [0.29, 0.717) is 0 Å². The van der Waals surface area contributed by atoms with Crippen LogP contribution in [0.2, 0.25) is 0 Å². The van der Waals surface area contributed by atoms with Gasteiger partial charge in [0.15, 0.2) is 0 Å². The van der Waals surface area contributed by atoms with Crippen LogP contribution in [0.4, 0.5) is 0 Å². The fraction of sp³-hybridized carbons (Fsp3) is 0.400. The standard InChI is InChI=1S/C10H13NS/c1-2-3-4-6-11-8-10-5-7-12-9-10/h5,7,9,11H,4,6,8H2,1H3. The molecule has 1 rings (SSSR count). The molecule has 0 atom stereocenters. The third kappa shape index (κ3) is 3.56. The smallest absolute Gasteiger partial charge is 0.0214 e. The van der Waals surface area contributed by atoms with Crippen LogP contribution in [-0.2, 0) is 6.54 Å². The second kappa shape index (κ2) is 5.82. The average molecular weight is 179 g/mol. The Morgan fingerprint density at radius 1 is 1.58 bits per heavy atom. The molecule has 0 saturated heterocycles. The summed E-state index contributed by atoms with van der Waals surface area (Å²) in [6, 6.07) is 2.14. The van der Waals surface area contributed by atoms with Crippen LogP contribution >= 0.6 is 11.3 Å². The molecule has 0 aliphatic heterocycles. The van der Waals surface area contributed by atoms with Crippen LogP contribution in [-0.4, -0.2) is 6.54 Å². The molecule has 2 heteroatoms. The molecule has 0 aromatic carbocycles. The lowest BCUT2D eigenvalue weighted by Gasteiger charge is -1.98. The maximum atomic E-state index is 3.33. The van der Waals surface area contributed by atoms with Crippen molar-refractivity contribution in [3.63, 3.8) is 0 Å². The lowest BCUT2D eigenvalue weighted by atomic mass is 10.3. The van der Waals surface area contributed by atoms with Crippen LogP contribution in [0.5, 0.6) is 0 Å². The first-order valence-electron chi connectivity index (χ1n) is 4.05. The molecule has 12 heavy (non-hydrogen) atoms. The number of hydrogen-bond donors (Lipinski definition) is 1. The minimum atomic E-state index is 0.945. The van der Waals surface area contributed by atoms with E-state index in [1.807, 2.05) is 6.92 Å². The molecule has 0 spiro atoms. The Labute approximate surface area is 77.8 Å². The Hall–Kier alpha value is -0.780. The van der Waals surface area contributed by atoms with E-state index in [-0.39, 0.29) is 0 Å². The minimum absolute atomic E-state index is 0.945. The first-order chi connectivity index (χ1) is 5.93. The van der Waals surface area contributed by atoms with Crippen LogP contribution < -0.4 is 5.32 Å². The summed E-state index contributed by atoms with van der Waals surface area (Å²) in [5.41, 5.74) is 1.37. The Kier molecular flexibility index (Phi) is 4.51. The molecule has 1 N–H and O–H groups in total. The lowest BCUT2D eigenvalue weighted by molar-refractivity contribution is 0.703. The molecule has 64 valence electrons. The molecule has 1 aromatic rings. The van der Waals surface area contributed by atoms with Gasteiger partial charge in [-0.1, -0.05) is 0 Å². The average Bonchev–Trinajstić information content (AvgIpc) is 2.57. The molecular weight excluding hydrogens is 166 g/mol. The number of hydrogen-bond acceptors (Lipinski definition) is 2. The molecule has 0 radical (unpaired) electrons. The summed E-state index contributed by atoms with van der Waals surface area (Å²) in [4.78, 5) is 0. The highest BCUT2D eigenvalue weighted by molar-refractivity contribution is 7.07. The highest BCUT2D eigenvalue weighted by Crippen LogP contribution is 2.04. The summed E-state index contributed by atoms with van der Waals surface area (Å²) in [7, 11) is 0. The maximum absolute atomic E-state index is 3.33. The van der Waals surface area contributed by atoms with Gasteiger partial charge in [-0.15, -0.1) is 11.8 Å². The number of nitrogens with one attached hydrogen (secondary N) is 1. The van der Waals surface area contributed by atoms with Gasteiger partial charge < -0.3 is 5.32 Å². The Bertz CT molecular complexity index is 253. The van der Waals surface area contributed by atoms with Gasteiger partial charge in [0, 0.05) is 19.5 Å². The Morgan fingerprint density at radius 2 is 2.50 bits per heavy atom. The molecule has 0 aliphatic rings. The van der Waals surface area contributed by atoms with Gasteiger partial charge in [0.25, 0.3) is 0 Å². The van der Waals surface area contributed by atoms with Crippen molar-refractivity contribution in [2.24, 2.45) is 0 Å². The van der Waals surface area contributed by atoms with Crippen molar-refractivity contribution in [3.05, 3.63) is 22.4 Å². The largest absolute Gasteiger partial charge is 0.312 e. The van der Waals surface area contributed by atoms with Gasteiger partial charge in [-0.2, -0.15) is 11.3 Å². The Morgan fingerprint density at radius 3 is 3.17 bits per heavy atom. The van der Waals surface area contributed by atoms with Crippen molar-refractivity contribution < 1.29 is 0 Å². The predicted molar refractivity (Wildman–Crippen MR) is 54.1 cm³/mol. The lowest BCUT2D eigenvalue weighted by Crippen LogP contribution is -2.13. The maximum Gasteiger partial charge on any atom is 0.0214 e. The van der Waals surface area contributed by atoms with E-state index in [4.69, 9.17) is 0 Å². The van der Waals surface area contributed by atoms with Gasteiger partial charge in [0.05, 0.1) is 0 Å². The highest BCUT2D eigenvalue weighted by atomic mass is 32.1. The van der Waals surface area contributed by atoms with Crippen molar-refractivity contribution in [2.75, 3.05) is 6.54 Å². The van der Waals surface area contributed by atoms with Gasteiger partial charge in [0.1, 0.15) is 0 Å². The molecule has 0 saturated carbocycles. The van der Waals surface area contributed by atoms with Crippen molar-refractivity contribution in [1.82, 2.24) is 5.32 Å². The highest BCUT2D eigenvalue weighted by Gasteiger charge is 1.89. The molecule has 1 nitrogen and oxygen atoms in total. The molecule has 0 fully saturated rings. The van der Waals surface area contributed by atoms with Crippen molar-refractivity contribution in [1.29, 1.82) is 0 Å². The normalized spacial score (nSPS) is 9.08. The molecule has 1 heterocycles. The van der Waals surface area contributed by atoms with Crippen LogP contribution in [0.15, 0.2) is 16.8 Å². The molecular formula is C10H13NS. The first kappa shape index (κ1) is 9.31. The summed E-state index contributed by atoms with van der Waals surface area (Å²) in [5.74, 6) is 5.89. The van der Waals surface area contributed by atoms with Gasteiger partial charge in [-0.3, -0.25) is 0 Å². The minimum Gasteiger partial charge on any atom is -0.312 e. The van der Waals surface area contributed by atoms with Crippen molar-refractivity contribution in [3.8, 4) is 11.8 Å². The van der Waals surface area contributed by atoms with E-state index < -0.39 is 0 Å². The molecule has 0 bridgehead atoms. The van der Waals surface area contributed by atoms with E-state index in [1.165, 1.54) is 5.56 Å². The first-order valence-corrected chi connectivity index (χ1v) is 4.99. The molecule has 0 amide bonds. The fourth-order valence-corrected chi connectivity index (χ4v) is 1.57. The van der Waals surface area contributed by atoms with E-state index in [9.17, 15) is 0 Å². The summed E-state index contributed by atoms with van der Waals surface area (Å²) >= 11 is 1.74. The number of rotatable bonds is 4. The van der Waals surface area contributed by atoms with Gasteiger partial charge in [-0.05, 0) is 29.3 Å². The van der Waals surface area contributed by atoms with Crippen LogP contribution in [0, 0.1) is 11.8 Å². The summed E-state index contributed by atoms with van der Waals surface area (Å²) < 4.78 is 0. The zero-order chi connectivity index (χ0) is 8.65. The van der Waals surface area contributed by atoms with Crippen LogP contribution in [0.3, 0.4) is 0 Å². The van der Waals surface area contributed by atoms with Crippen molar-refractivity contribution >= 4 is 11.3 Å². The zero-order valence-corrected chi connectivity index (χ0v) is 8.08. The fourth-order valence-electron chi connectivity index (χ4n) is 0.902. The van der Waals surface area contributed by atoms with Gasteiger partial charge >= 0.3 is 0 Å². The van der Waals surface area contributed by atoms with Gasteiger partial charge in [0.2, 0.25) is 0 Å². The topological polar surface area (TPSA) is 12.0 Å². The Balaban J connectivity index is 2.06. The quantitative estimate of drug-likeness (QED) is 0.552. The van der Waals surface area contributed by atoms with E-state index >= 15 is 0 Å². The molecule has 1 aromatic heterocycles. The van der Waals surface area contributed by atoms with E-state index in [2.05, 4.69) is 34.0 Å². The van der Waals surface area contributed by atoms with E-state index in [1.54, 1.807) is 11.3 Å². The third-order valence-electron chi connectivity index (χ3n) is 1.51. The summed E-state index contributed by atoms with van der Waals surface area (Å²) in [6.07, 6.45) is 0.945. The summed E-state index contributed by atoms with van der Waals surface area (Å²) in [6.45, 7) is 3.82. The second-order valence-corrected chi connectivity index (χ2v) is 3.27. The monoisotopic (exact) mass is 179 g/mol. The predicted octanol–water partition coefficient (Wildman–Crippen LogP) is 2.25. The zero-order valence-electron chi connectivity index (χ0n) is 7.26.